The average Bonchev–Trinajstić information content (AvgIpc) is 2.33. The molecular formula is C15H16INO. The van der Waals surface area contributed by atoms with E-state index in [1.807, 2.05) is 36.4 Å². The molecule has 0 bridgehead atoms. The van der Waals surface area contributed by atoms with Crippen LogP contribution in [0.4, 0.5) is 5.69 Å². The summed E-state index contributed by atoms with van der Waals surface area (Å²) in [6.45, 7) is 4.33. The van der Waals surface area contributed by atoms with Crippen molar-refractivity contribution in [2.45, 2.75) is 19.8 Å². The van der Waals surface area contributed by atoms with Crippen molar-refractivity contribution in [3.8, 4) is 11.5 Å². The van der Waals surface area contributed by atoms with Crippen LogP contribution in [0.3, 0.4) is 0 Å². The average molecular weight is 353 g/mol. The maximum atomic E-state index is 5.99. The maximum Gasteiger partial charge on any atom is 0.140 e. The number of anilines is 1. The topological polar surface area (TPSA) is 35.2 Å². The zero-order chi connectivity index (χ0) is 13.1. The molecule has 2 nitrogen and oxygen atoms in total. The summed E-state index contributed by atoms with van der Waals surface area (Å²) >= 11 is 2.24. The van der Waals surface area contributed by atoms with Crippen LogP contribution in [-0.2, 0) is 0 Å². The highest BCUT2D eigenvalue weighted by Crippen LogP contribution is 2.33. The van der Waals surface area contributed by atoms with Gasteiger partial charge in [0.2, 0.25) is 0 Å². The Bertz CT molecular complexity index is 552. The van der Waals surface area contributed by atoms with Gasteiger partial charge >= 0.3 is 0 Å². The van der Waals surface area contributed by atoms with Crippen molar-refractivity contribution < 1.29 is 4.74 Å². The third-order valence-corrected chi connectivity index (χ3v) is 3.56. The van der Waals surface area contributed by atoms with Gasteiger partial charge in [0.25, 0.3) is 0 Å². The quantitative estimate of drug-likeness (QED) is 0.636. The van der Waals surface area contributed by atoms with Gasteiger partial charge in [0.05, 0.1) is 3.57 Å². The first kappa shape index (κ1) is 13.2. The number of para-hydroxylation sites is 1. The molecule has 0 heterocycles. The third kappa shape index (κ3) is 2.96. The summed E-state index contributed by atoms with van der Waals surface area (Å²) in [6, 6.07) is 13.8. The van der Waals surface area contributed by atoms with Crippen molar-refractivity contribution in [2.75, 3.05) is 5.73 Å². The van der Waals surface area contributed by atoms with E-state index in [-0.39, 0.29) is 0 Å². The number of nitrogens with two attached hydrogens (primary N) is 1. The van der Waals surface area contributed by atoms with Crippen molar-refractivity contribution in [2.24, 2.45) is 0 Å². The Balaban J connectivity index is 2.34. The predicted molar refractivity (Wildman–Crippen MR) is 84.2 cm³/mol. The molecule has 2 N–H and O–H groups in total. The van der Waals surface area contributed by atoms with E-state index >= 15 is 0 Å². The number of ether oxygens (including phenoxy) is 1. The highest BCUT2D eigenvalue weighted by Gasteiger charge is 2.09. The molecule has 0 aliphatic heterocycles. The van der Waals surface area contributed by atoms with Crippen LogP contribution in [0.2, 0.25) is 0 Å². The Morgan fingerprint density at radius 3 is 2.44 bits per heavy atom. The second kappa shape index (κ2) is 5.61. The van der Waals surface area contributed by atoms with E-state index in [4.69, 9.17) is 10.5 Å². The first-order chi connectivity index (χ1) is 8.58. The smallest absolute Gasteiger partial charge is 0.140 e. The van der Waals surface area contributed by atoms with Crippen molar-refractivity contribution in [3.63, 3.8) is 0 Å². The number of hydrogen-bond donors (Lipinski definition) is 1. The zero-order valence-corrected chi connectivity index (χ0v) is 12.6. The Kier molecular flexibility index (Phi) is 4.11. The van der Waals surface area contributed by atoms with E-state index in [0.29, 0.717) is 5.92 Å². The predicted octanol–water partition coefficient (Wildman–Crippen LogP) is 4.79. The maximum absolute atomic E-state index is 5.99. The summed E-state index contributed by atoms with van der Waals surface area (Å²) in [5, 5.41) is 0. The summed E-state index contributed by atoms with van der Waals surface area (Å²) < 4.78 is 7.01. The molecule has 0 amide bonds. The molecule has 0 saturated heterocycles. The van der Waals surface area contributed by atoms with Crippen molar-refractivity contribution in [3.05, 3.63) is 51.6 Å². The van der Waals surface area contributed by atoms with E-state index in [1.165, 1.54) is 5.56 Å². The molecule has 0 aliphatic carbocycles. The molecule has 0 fully saturated rings. The summed E-state index contributed by atoms with van der Waals surface area (Å²) in [7, 11) is 0. The molecule has 3 heteroatoms. The monoisotopic (exact) mass is 353 g/mol. The van der Waals surface area contributed by atoms with Gasteiger partial charge in [0.1, 0.15) is 11.5 Å². The van der Waals surface area contributed by atoms with E-state index in [1.54, 1.807) is 0 Å². The molecule has 2 rings (SSSR count). The lowest BCUT2D eigenvalue weighted by atomic mass is 10.0. The summed E-state index contributed by atoms with van der Waals surface area (Å²) in [6.07, 6.45) is 0. The number of benzene rings is 2. The van der Waals surface area contributed by atoms with Gasteiger partial charge < -0.3 is 10.5 Å². The molecule has 2 aromatic carbocycles. The second-order valence-corrected chi connectivity index (χ2v) is 5.65. The molecule has 0 radical (unpaired) electrons. The van der Waals surface area contributed by atoms with Gasteiger partial charge in [-0.05, 0) is 58.3 Å². The highest BCUT2D eigenvalue weighted by molar-refractivity contribution is 14.1. The Morgan fingerprint density at radius 2 is 1.78 bits per heavy atom. The normalized spacial score (nSPS) is 10.7. The summed E-state index contributed by atoms with van der Waals surface area (Å²) in [4.78, 5) is 0. The van der Waals surface area contributed by atoms with E-state index in [2.05, 4.69) is 42.5 Å². The van der Waals surface area contributed by atoms with Gasteiger partial charge in [-0.15, -0.1) is 0 Å². The molecule has 0 saturated carbocycles. The molecule has 94 valence electrons. The number of halogens is 1. The fraction of sp³-hybridized carbons (Fsp3) is 0.200. The number of hydrogen-bond acceptors (Lipinski definition) is 2. The minimum absolute atomic E-state index is 0.438. The molecule has 2 aromatic rings. The largest absolute Gasteiger partial charge is 0.456 e. The lowest BCUT2D eigenvalue weighted by Gasteiger charge is -2.14. The lowest BCUT2D eigenvalue weighted by Crippen LogP contribution is -1.95. The fourth-order valence-electron chi connectivity index (χ4n) is 1.77. The fourth-order valence-corrected chi connectivity index (χ4v) is 2.42. The first-order valence-electron chi connectivity index (χ1n) is 5.89. The number of rotatable bonds is 3. The van der Waals surface area contributed by atoms with Crippen LogP contribution in [0.1, 0.15) is 25.3 Å². The molecule has 0 aromatic heterocycles. The van der Waals surface area contributed by atoms with Gasteiger partial charge in [0, 0.05) is 5.69 Å². The van der Waals surface area contributed by atoms with E-state index in [0.717, 1.165) is 20.8 Å². The van der Waals surface area contributed by atoms with Crippen molar-refractivity contribution in [1.82, 2.24) is 0 Å². The van der Waals surface area contributed by atoms with Gasteiger partial charge in [-0.1, -0.05) is 32.0 Å². The van der Waals surface area contributed by atoms with Crippen LogP contribution in [-0.4, -0.2) is 0 Å². The standard InChI is InChI=1S/C15H16INO/c1-10(2)12-5-3-4-6-14(12)18-15-8-7-11(17)9-13(15)16/h3-10H,17H2,1-2H3. The van der Waals surface area contributed by atoms with E-state index in [9.17, 15) is 0 Å². The minimum atomic E-state index is 0.438. The van der Waals surface area contributed by atoms with Crippen LogP contribution in [0.25, 0.3) is 0 Å². The zero-order valence-electron chi connectivity index (χ0n) is 10.5. The van der Waals surface area contributed by atoms with Gasteiger partial charge in [-0.3, -0.25) is 0 Å². The Morgan fingerprint density at radius 1 is 1.06 bits per heavy atom. The first-order valence-corrected chi connectivity index (χ1v) is 6.97. The third-order valence-electron chi connectivity index (χ3n) is 2.72. The van der Waals surface area contributed by atoms with Crippen molar-refractivity contribution in [1.29, 1.82) is 0 Å². The molecule has 0 unspecified atom stereocenters. The van der Waals surface area contributed by atoms with Gasteiger partial charge in [-0.25, -0.2) is 0 Å². The van der Waals surface area contributed by atoms with Crippen LogP contribution < -0.4 is 10.5 Å². The van der Waals surface area contributed by atoms with Crippen molar-refractivity contribution >= 4 is 28.3 Å². The van der Waals surface area contributed by atoms with Crippen LogP contribution in [0, 0.1) is 3.57 Å². The molecule has 18 heavy (non-hydrogen) atoms. The minimum Gasteiger partial charge on any atom is -0.456 e. The molecule has 0 aliphatic rings. The molecular weight excluding hydrogens is 337 g/mol. The molecule has 0 atom stereocenters. The van der Waals surface area contributed by atoms with E-state index < -0.39 is 0 Å². The second-order valence-electron chi connectivity index (χ2n) is 4.48. The van der Waals surface area contributed by atoms with Crippen LogP contribution >= 0.6 is 22.6 Å². The summed E-state index contributed by atoms with van der Waals surface area (Å²) in [5.74, 6) is 2.20. The van der Waals surface area contributed by atoms with Crippen LogP contribution in [0.15, 0.2) is 42.5 Å². The SMILES string of the molecule is CC(C)c1ccccc1Oc1ccc(N)cc1I. The van der Waals surface area contributed by atoms with Gasteiger partial charge in [0.15, 0.2) is 0 Å². The lowest BCUT2D eigenvalue weighted by molar-refractivity contribution is 0.470. The Labute approximate surface area is 121 Å². The summed E-state index contributed by atoms with van der Waals surface area (Å²) in [5.41, 5.74) is 7.71. The van der Waals surface area contributed by atoms with Crippen LogP contribution in [0.5, 0.6) is 11.5 Å². The Hall–Kier alpha value is -1.23. The molecule has 0 spiro atoms. The van der Waals surface area contributed by atoms with Gasteiger partial charge in [-0.2, -0.15) is 0 Å². The number of nitrogen functional groups attached to an aromatic ring is 1. The highest BCUT2D eigenvalue weighted by atomic mass is 127.